The molecule has 0 amide bonds. The van der Waals surface area contributed by atoms with Gasteiger partial charge in [-0.25, -0.2) is 4.98 Å². The zero-order valence-corrected chi connectivity index (χ0v) is 9.67. The van der Waals surface area contributed by atoms with E-state index < -0.39 is 0 Å². The lowest BCUT2D eigenvalue weighted by Crippen LogP contribution is -1.94. The lowest BCUT2D eigenvalue weighted by molar-refractivity contribution is 1.20. The van der Waals surface area contributed by atoms with Gasteiger partial charge in [0.15, 0.2) is 5.13 Å². The van der Waals surface area contributed by atoms with Crippen molar-refractivity contribution in [1.29, 1.82) is 0 Å². The Morgan fingerprint density at radius 1 is 1.50 bits per heavy atom. The predicted molar refractivity (Wildman–Crippen MR) is 63.5 cm³/mol. The Labute approximate surface area is 91.9 Å². The number of thiazole rings is 1. The molecule has 1 N–H and O–H groups in total. The highest BCUT2D eigenvalue weighted by molar-refractivity contribution is 7.22. The third-order valence-corrected chi connectivity index (χ3v) is 3.17. The third-order valence-electron chi connectivity index (χ3n) is 1.92. The number of nitrogens with zero attached hydrogens (tertiary/aromatic N) is 1. The molecule has 1 aromatic carbocycles. The molecule has 2 nitrogen and oxygen atoms in total. The Balaban J connectivity index is 2.58. The topological polar surface area (TPSA) is 24.9 Å². The summed E-state index contributed by atoms with van der Waals surface area (Å²) in [7, 11) is 0. The smallest absolute Gasteiger partial charge is 0.183 e. The molecule has 14 heavy (non-hydrogen) atoms. The van der Waals surface area contributed by atoms with Gasteiger partial charge in [-0.2, -0.15) is 0 Å². The molecule has 2 aromatic rings. The molecule has 0 spiro atoms. The van der Waals surface area contributed by atoms with Crippen molar-refractivity contribution in [2.24, 2.45) is 0 Å². The number of rotatable bonds is 2. The van der Waals surface area contributed by atoms with Crippen LogP contribution < -0.4 is 5.32 Å². The summed E-state index contributed by atoms with van der Waals surface area (Å²) in [4.78, 5) is 4.42. The molecule has 0 unspecified atom stereocenters. The first-order valence-electron chi connectivity index (χ1n) is 4.51. The average Bonchev–Trinajstić information content (AvgIpc) is 2.48. The van der Waals surface area contributed by atoms with E-state index in [0.717, 1.165) is 26.9 Å². The molecule has 0 bridgehead atoms. The summed E-state index contributed by atoms with van der Waals surface area (Å²) in [5, 5.41) is 4.87. The highest BCUT2D eigenvalue weighted by Gasteiger charge is 2.06. The van der Waals surface area contributed by atoms with Crippen LogP contribution in [0.4, 0.5) is 5.13 Å². The van der Waals surface area contributed by atoms with E-state index in [2.05, 4.69) is 23.3 Å². The molecule has 0 atom stereocenters. The van der Waals surface area contributed by atoms with E-state index in [9.17, 15) is 0 Å². The van der Waals surface area contributed by atoms with Gasteiger partial charge in [-0.1, -0.05) is 22.9 Å². The standard InChI is InChI=1S/C10H11ClN2S/c1-3-12-10-13-9-7(11)4-6(2)5-8(9)14-10/h4-5H,3H2,1-2H3,(H,12,13). The van der Waals surface area contributed by atoms with E-state index >= 15 is 0 Å². The van der Waals surface area contributed by atoms with Gasteiger partial charge >= 0.3 is 0 Å². The fraction of sp³-hybridized carbons (Fsp3) is 0.300. The van der Waals surface area contributed by atoms with Crippen LogP contribution in [0, 0.1) is 6.92 Å². The Hall–Kier alpha value is -0.800. The molecule has 74 valence electrons. The molecule has 0 radical (unpaired) electrons. The van der Waals surface area contributed by atoms with Crippen LogP contribution in [0.15, 0.2) is 12.1 Å². The normalized spacial score (nSPS) is 10.8. The third kappa shape index (κ3) is 1.70. The quantitative estimate of drug-likeness (QED) is 0.845. The van der Waals surface area contributed by atoms with Crippen molar-refractivity contribution in [1.82, 2.24) is 4.98 Å². The summed E-state index contributed by atoms with van der Waals surface area (Å²) in [5.74, 6) is 0. The number of anilines is 1. The minimum Gasteiger partial charge on any atom is -0.362 e. The second kappa shape index (κ2) is 3.75. The molecular weight excluding hydrogens is 216 g/mol. The van der Waals surface area contributed by atoms with Crippen molar-refractivity contribution in [3.05, 3.63) is 22.7 Å². The van der Waals surface area contributed by atoms with Gasteiger partial charge in [0, 0.05) is 6.54 Å². The van der Waals surface area contributed by atoms with Crippen LogP contribution in [0.25, 0.3) is 10.2 Å². The maximum Gasteiger partial charge on any atom is 0.183 e. The Morgan fingerprint density at radius 2 is 2.29 bits per heavy atom. The fourth-order valence-corrected chi connectivity index (χ4v) is 2.78. The summed E-state index contributed by atoms with van der Waals surface area (Å²) in [6, 6.07) is 4.05. The number of hydrogen-bond donors (Lipinski definition) is 1. The number of fused-ring (bicyclic) bond motifs is 1. The minimum absolute atomic E-state index is 0.736. The molecule has 0 aliphatic rings. The van der Waals surface area contributed by atoms with Gasteiger partial charge < -0.3 is 5.32 Å². The van der Waals surface area contributed by atoms with Crippen LogP contribution in [0.2, 0.25) is 5.02 Å². The van der Waals surface area contributed by atoms with Gasteiger partial charge in [-0.3, -0.25) is 0 Å². The lowest BCUT2D eigenvalue weighted by atomic mass is 10.2. The molecule has 0 saturated heterocycles. The molecule has 0 fully saturated rings. The number of aryl methyl sites for hydroxylation is 1. The van der Waals surface area contributed by atoms with Crippen LogP contribution in [-0.2, 0) is 0 Å². The van der Waals surface area contributed by atoms with Crippen LogP contribution in [0.3, 0.4) is 0 Å². The molecule has 0 aliphatic carbocycles. The summed E-state index contributed by atoms with van der Waals surface area (Å²) in [5.41, 5.74) is 2.08. The molecule has 0 saturated carbocycles. The van der Waals surface area contributed by atoms with Crippen molar-refractivity contribution in [2.45, 2.75) is 13.8 Å². The van der Waals surface area contributed by atoms with E-state index in [-0.39, 0.29) is 0 Å². The first kappa shape index (κ1) is 9.74. The van der Waals surface area contributed by atoms with Gasteiger partial charge in [0.2, 0.25) is 0 Å². The van der Waals surface area contributed by atoms with E-state index in [4.69, 9.17) is 11.6 Å². The Morgan fingerprint density at radius 3 is 3.00 bits per heavy atom. The van der Waals surface area contributed by atoms with Gasteiger partial charge in [-0.15, -0.1) is 0 Å². The molecule has 1 aromatic heterocycles. The monoisotopic (exact) mass is 226 g/mol. The van der Waals surface area contributed by atoms with Crippen LogP contribution in [0.5, 0.6) is 0 Å². The van der Waals surface area contributed by atoms with Crippen molar-refractivity contribution >= 4 is 38.3 Å². The minimum atomic E-state index is 0.736. The number of nitrogens with one attached hydrogen (secondary N) is 1. The maximum atomic E-state index is 6.09. The van der Waals surface area contributed by atoms with Crippen molar-refractivity contribution < 1.29 is 0 Å². The molecule has 0 aliphatic heterocycles. The van der Waals surface area contributed by atoms with Crippen LogP contribution >= 0.6 is 22.9 Å². The zero-order chi connectivity index (χ0) is 10.1. The summed E-state index contributed by atoms with van der Waals surface area (Å²) in [6.07, 6.45) is 0. The highest BCUT2D eigenvalue weighted by atomic mass is 35.5. The SMILES string of the molecule is CCNc1nc2c(Cl)cc(C)cc2s1. The zero-order valence-electron chi connectivity index (χ0n) is 8.10. The Bertz CT molecular complexity index is 464. The Kier molecular flexibility index (Phi) is 2.61. The molecular formula is C10H11ClN2S. The molecule has 2 rings (SSSR count). The van der Waals surface area contributed by atoms with E-state index in [0.29, 0.717) is 0 Å². The molecule has 4 heteroatoms. The number of aromatic nitrogens is 1. The van der Waals surface area contributed by atoms with Gasteiger partial charge in [0.25, 0.3) is 0 Å². The van der Waals surface area contributed by atoms with Crippen LogP contribution in [-0.4, -0.2) is 11.5 Å². The van der Waals surface area contributed by atoms with Gasteiger partial charge in [0.05, 0.1) is 9.72 Å². The van der Waals surface area contributed by atoms with Gasteiger partial charge in [-0.05, 0) is 31.5 Å². The number of hydrogen-bond acceptors (Lipinski definition) is 3. The van der Waals surface area contributed by atoms with Crippen molar-refractivity contribution in [3.63, 3.8) is 0 Å². The van der Waals surface area contributed by atoms with E-state index in [1.54, 1.807) is 11.3 Å². The number of halogens is 1. The second-order valence-corrected chi connectivity index (χ2v) is 4.58. The molecule has 1 heterocycles. The predicted octanol–water partition coefficient (Wildman–Crippen LogP) is 3.69. The van der Waals surface area contributed by atoms with Crippen molar-refractivity contribution in [3.8, 4) is 0 Å². The lowest BCUT2D eigenvalue weighted by Gasteiger charge is -1.94. The second-order valence-electron chi connectivity index (χ2n) is 3.14. The van der Waals surface area contributed by atoms with E-state index in [1.165, 1.54) is 5.56 Å². The van der Waals surface area contributed by atoms with Gasteiger partial charge in [0.1, 0.15) is 5.52 Å². The van der Waals surface area contributed by atoms with Crippen molar-refractivity contribution in [2.75, 3.05) is 11.9 Å². The average molecular weight is 227 g/mol. The largest absolute Gasteiger partial charge is 0.362 e. The first-order valence-corrected chi connectivity index (χ1v) is 5.70. The summed E-state index contributed by atoms with van der Waals surface area (Å²) in [6.45, 7) is 4.98. The summed E-state index contributed by atoms with van der Waals surface area (Å²) >= 11 is 7.74. The first-order chi connectivity index (χ1) is 6.70. The number of benzene rings is 1. The van der Waals surface area contributed by atoms with E-state index in [1.807, 2.05) is 13.0 Å². The van der Waals surface area contributed by atoms with Crippen LogP contribution in [0.1, 0.15) is 12.5 Å². The maximum absolute atomic E-state index is 6.09. The highest BCUT2D eigenvalue weighted by Crippen LogP contribution is 2.31. The summed E-state index contributed by atoms with van der Waals surface area (Å²) < 4.78 is 1.14. The fourth-order valence-electron chi connectivity index (χ4n) is 1.34.